The van der Waals surface area contributed by atoms with Gasteiger partial charge in [0.15, 0.2) is 11.5 Å². The Balaban J connectivity index is 1.56. The van der Waals surface area contributed by atoms with E-state index < -0.39 is 6.04 Å². The summed E-state index contributed by atoms with van der Waals surface area (Å²) in [4.78, 5) is 33.7. The number of fused-ring (bicyclic) bond motifs is 1. The van der Waals surface area contributed by atoms with E-state index >= 15 is 0 Å². The molecule has 45 heavy (non-hydrogen) atoms. The molecule has 0 aliphatic heterocycles. The Morgan fingerprint density at radius 1 is 0.889 bits per heavy atom. The van der Waals surface area contributed by atoms with Gasteiger partial charge in [-0.3, -0.25) is 9.59 Å². The lowest BCUT2D eigenvalue weighted by Crippen LogP contribution is -2.47. The van der Waals surface area contributed by atoms with E-state index in [1.54, 1.807) is 38.4 Å². The fraction of sp³-hybridized carbons (Fsp3) is 0.389. The molecule has 1 aliphatic carbocycles. The van der Waals surface area contributed by atoms with Crippen LogP contribution >= 0.6 is 0 Å². The van der Waals surface area contributed by atoms with Gasteiger partial charge in [0.2, 0.25) is 17.6 Å². The van der Waals surface area contributed by atoms with Crippen LogP contribution in [-0.4, -0.2) is 56.2 Å². The largest absolute Gasteiger partial charge is 0.497 e. The first-order chi connectivity index (χ1) is 21.9. The molecule has 5 rings (SSSR count). The Morgan fingerprint density at radius 3 is 2.31 bits per heavy atom. The van der Waals surface area contributed by atoms with Gasteiger partial charge in [0.25, 0.3) is 0 Å². The minimum absolute atomic E-state index is 0.0516. The van der Waals surface area contributed by atoms with E-state index in [4.69, 9.17) is 18.9 Å². The number of aryl methyl sites for hydroxylation is 1. The first-order valence-corrected chi connectivity index (χ1v) is 15.5. The summed E-state index contributed by atoms with van der Waals surface area (Å²) in [6.07, 6.45) is 7.81. The second kappa shape index (κ2) is 14.9. The van der Waals surface area contributed by atoms with Crippen molar-refractivity contribution >= 4 is 22.7 Å². The average Bonchev–Trinajstić information content (AvgIpc) is 3.50. The first-order valence-electron chi connectivity index (χ1n) is 15.5. The summed E-state index contributed by atoms with van der Waals surface area (Å²) in [5, 5.41) is 4.37. The fourth-order valence-corrected chi connectivity index (χ4v) is 6.27. The summed E-state index contributed by atoms with van der Waals surface area (Å²) in [6, 6.07) is 18.2. The second-order valence-electron chi connectivity index (χ2n) is 11.4. The molecule has 238 valence electrons. The van der Waals surface area contributed by atoms with Crippen LogP contribution in [0.5, 0.6) is 23.0 Å². The molecule has 0 radical (unpaired) electrons. The van der Waals surface area contributed by atoms with Crippen LogP contribution in [0.2, 0.25) is 0 Å². The van der Waals surface area contributed by atoms with E-state index in [2.05, 4.69) is 16.4 Å². The molecular weight excluding hydrogens is 570 g/mol. The number of carbonyl (C=O) groups is 2. The second-order valence-corrected chi connectivity index (χ2v) is 11.4. The lowest BCUT2D eigenvalue weighted by atomic mass is 9.94. The Labute approximate surface area is 264 Å². The summed E-state index contributed by atoms with van der Waals surface area (Å²) in [5.41, 5.74) is 3.49. The molecule has 0 spiro atoms. The minimum Gasteiger partial charge on any atom is -0.497 e. The standard InChI is InChI=1S/C36H43N3O6/c1-42-28-14-10-11-24(19-28)23-39(33(40)18-17-25-22-37-30-16-9-8-15-29(25)30)34(36(41)38-27-12-6-5-7-13-27)26-20-31(43-2)35(45-4)32(21-26)44-3/h8-11,14-16,19-22,27,34,37H,5-7,12-13,17-18,23H2,1-4H3,(H,38,41)/t34-/m0/s1. The first kappa shape index (κ1) is 31.8. The van der Waals surface area contributed by atoms with Gasteiger partial charge in [-0.15, -0.1) is 0 Å². The van der Waals surface area contributed by atoms with E-state index in [-0.39, 0.29) is 30.8 Å². The van der Waals surface area contributed by atoms with Crippen LogP contribution in [0.3, 0.4) is 0 Å². The molecule has 1 heterocycles. The number of aromatic nitrogens is 1. The number of para-hydroxylation sites is 1. The van der Waals surface area contributed by atoms with Gasteiger partial charge in [-0.1, -0.05) is 49.6 Å². The zero-order valence-corrected chi connectivity index (χ0v) is 26.6. The summed E-state index contributed by atoms with van der Waals surface area (Å²) in [6.45, 7) is 0.198. The van der Waals surface area contributed by atoms with Crippen molar-refractivity contribution in [1.29, 1.82) is 0 Å². The van der Waals surface area contributed by atoms with Gasteiger partial charge in [-0.2, -0.15) is 0 Å². The number of methoxy groups -OCH3 is 4. The van der Waals surface area contributed by atoms with Gasteiger partial charge in [0.1, 0.15) is 11.8 Å². The predicted octanol–water partition coefficient (Wildman–Crippen LogP) is 6.35. The summed E-state index contributed by atoms with van der Waals surface area (Å²) < 4.78 is 22.4. The molecule has 1 aromatic heterocycles. The molecule has 9 heteroatoms. The topological polar surface area (TPSA) is 102 Å². The lowest BCUT2D eigenvalue weighted by Gasteiger charge is -2.34. The summed E-state index contributed by atoms with van der Waals surface area (Å²) in [7, 11) is 6.23. The SMILES string of the molecule is COc1cccc(CN(C(=O)CCc2c[nH]c3ccccc23)[C@H](C(=O)NC2CCCCC2)c2cc(OC)c(OC)c(OC)c2)c1. The van der Waals surface area contributed by atoms with Crippen LogP contribution in [0.4, 0.5) is 0 Å². The molecule has 3 aromatic carbocycles. The van der Waals surface area contributed by atoms with Crippen molar-refractivity contribution in [3.05, 3.63) is 83.6 Å². The van der Waals surface area contributed by atoms with Gasteiger partial charge < -0.3 is 34.1 Å². The number of amides is 2. The van der Waals surface area contributed by atoms with Crippen molar-refractivity contribution in [2.75, 3.05) is 28.4 Å². The molecule has 0 saturated heterocycles. The number of nitrogens with one attached hydrogen (secondary N) is 2. The molecule has 0 bridgehead atoms. The number of benzene rings is 3. The number of aromatic amines is 1. The molecule has 1 fully saturated rings. The Bertz CT molecular complexity index is 1580. The van der Waals surface area contributed by atoms with Crippen molar-refractivity contribution in [2.24, 2.45) is 0 Å². The zero-order valence-electron chi connectivity index (χ0n) is 26.6. The molecular formula is C36H43N3O6. The maximum atomic E-state index is 14.4. The van der Waals surface area contributed by atoms with Crippen LogP contribution in [-0.2, 0) is 22.6 Å². The fourth-order valence-electron chi connectivity index (χ4n) is 6.27. The van der Waals surface area contributed by atoms with E-state index in [9.17, 15) is 9.59 Å². The highest BCUT2D eigenvalue weighted by atomic mass is 16.5. The van der Waals surface area contributed by atoms with Crippen molar-refractivity contribution in [2.45, 2.75) is 63.6 Å². The number of rotatable bonds is 13. The molecule has 2 amide bonds. The number of nitrogens with zero attached hydrogens (tertiary/aromatic N) is 1. The monoisotopic (exact) mass is 613 g/mol. The van der Waals surface area contributed by atoms with Crippen molar-refractivity contribution in [3.63, 3.8) is 0 Å². The van der Waals surface area contributed by atoms with E-state index in [0.717, 1.165) is 54.1 Å². The smallest absolute Gasteiger partial charge is 0.247 e. The van der Waals surface area contributed by atoms with E-state index in [1.807, 2.05) is 48.7 Å². The predicted molar refractivity (Wildman–Crippen MR) is 174 cm³/mol. The van der Waals surface area contributed by atoms with Gasteiger partial charge in [0.05, 0.1) is 28.4 Å². The molecule has 1 saturated carbocycles. The Morgan fingerprint density at radius 2 is 1.62 bits per heavy atom. The highest BCUT2D eigenvalue weighted by Gasteiger charge is 2.34. The molecule has 4 aromatic rings. The maximum Gasteiger partial charge on any atom is 0.247 e. The Hall–Kier alpha value is -4.66. The highest BCUT2D eigenvalue weighted by molar-refractivity contribution is 5.90. The lowest BCUT2D eigenvalue weighted by molar-refractivity contribution is -0.142. The average molecular weight is 614 g/mol. The van der Waals surface area contributed by atoms with Gasteiger partial charge in [0, 0.05) is 36.1 Å². The number of ether oxygens (including phenoxy) is 4. The maximum absolute atomic E-state index is 14.4. The number of hydrogen-bond acceptors (Lipinski definition) is 6. The van der Waals surface area contributed by atoms with Gasteiger partial charge >= 0.3 is 0 Å². The highest BCUT2D eigenvalue weighted by Crippen LogP contribution is 2.41. The third kappa shape index (κ3) is 7.36. The van der Waals surface area contributed by atoms with Crippen LogP contribution in [0, 0.1) is 0 Å². The van der Waals surface area contributed by atoms with Crippen molar-refractivity contribution in [3.8, 4) is 23.0 Å². The normalized spacial score (nSPS) is 14.0. The molecule has 1 aliphatic rings. The molecule has 1 atom stereocenters. The Kier molecular flexibility index (Phi) is 10.5. The molecule has 2 N–H and O–H groups in total. The van der Waals surface area contributed by atoms with E-state index in [1.165, 1.54) is 7.11 Å². The van der Waals surface area contributed by atoms with Gasteiger partial charge in [-0.05, 0) is 66.3 Å². The number of hydrogen-bond donors (Lipinski definition) is 2. The third-order valence-electron chi connectivity index (χ3n) is 8.60. The van der Waals surface area contributed by atoms with Crippen molar-refractivity contribution in [1.82, 2.24) is 15.2 Å². The molecule has 0 unspecified atom stereocenters. The summed E-state index contributed by atoms with van der Waals surface area (Å²) >= 11 is 0. The number of carbonyl (C=O) groups excluding carboxylic acids is 2. The van der Waals surface area contributed by atoms with Crippen LogP contribution < -0.4 is 24.3 Å². The van der Waals surface area contributed by atoms with Crippen LogP contribution in [0.15, 0.2) is 66.9 Å². The molecule has 9 nitrogen and oxygen atoms in total. The third-order valence-corrected chi connectivity index (χ3v) is 8.60. The zero-order chi connectivity index (χ0) is 31.8. The summed E-state index contributed by atoms with van der Waals surface area (Å²) in [5.74, 6) is 1.53. The quantitative estimate of drug-likeness (QED) is 0.182. The van der Waals surface area contributed by atoms with Crippen LogP contribution in [0.1, 0.15) is 61.3 Å². The van der Waals surface area contributed by atoms with Crippen LogP contribution in [0.25, 0.3) is 10.9 Å². The van der Waals surface area contributed by atoms with E-state index in [0.29, 0.717) is 35.0 Å². The minimum atomic E-state index is -0.956. The number of H-pyrrole nitrogens is 1. The van der Waals surface area contributed by atoms with Gasteiger partial charge in [-0.25, -0.2) is 0 Å². The van der Waals surface area contributed by atoms with Crippen molar-refractivity contribution < 1.29 is 28.5 Å².